The van der Waals surface area contributed by atoms with Gasteiger partial charge in [-0.15, -0.1) is 17.0 Å². The van der Waals surface area contributed by atoms with Crippen LogP contribution in [0.5, 0.6) is 0 Å². The molecular weight excluding hydrogens is 263 g/mol. The Morgan fingerprint density at radius 3 is 2.07 bits per heavy atom. The van der Waals surface area contributed by atoms with Crippen LogP contribution in [0.15, 0.2) is 0 Å². The fraction of sp³-hybridized carbons (Fsp3) is 1.00. The van der Waals surface area contributed by atoms with Crippen LogP contribution in [0.3, 0.4) is 0 Å². The first-order chi connectivity index (χ1) is 6.41. The summed E-state index contributed by atoms with van der Waals surface area (Å²) in [5, 5.41) is 6.70. The fourth-order valence-electron chi connectivity index (χ4n) is 1.02. The van der Waals surface area contributed by atoms with Crippen LogP contribution in [0.25, 0.3) is 0 Å². The third-order valence-electron chi connectivity index (χ3n) is 1.83. The second-order valence-corrected chi connectivity index (χ2v) is 3.93. The van der Waals surface area contributed by atoms with Crippen LogP contribution in [-0.2, 0) is 0 Å². The molecule has 0 spiro atoms. The van der Waals surface area contributed by atoms with Gasteiger partial charge in [-0.05, 0) is 32.1 Å². The molecule has 0 aliphatic rings. The van der Waals surface area contributed by atoms with Gasteiger partial charge in [-0.2, -0.15) is 0 Å². The second-order valence-electron chi connectivity index (χ2n) is 3.12. The van der Waals surface area contributed by atoms with Gasteiger partial charge in [0.2, 0.25) is 0 Å². The van der Waals surface area contributed by atoms with E-state index in [-0.39, 0.29) is 25.8 Å². The average Bonchev–Trinajstić information content (AvgIpc) is 2.16. The molecule has 0 saturated carbocycles. The molecule has 14 heavy (non-hydrogen) atoms. The van der Waals surface area contributed by atoms with Gasteiger partial charge in [0.1, 0.15) is 0 Å². The van der Waals surface area contributed by atoms with Crippen LogP contribution in [0.2, 0.25) is 0 Å². The topological polar surface area (TPSA) is 44.3 Å². The quantitative estimate of drug-likeness (QED) is 0.422. The summed E-state index contributed by atoms with van der Waals surface area (Å²) >= 11 is 0. The van der Waals surface area contributed by atoms with Crippen LogP contribution in [0.1, 0.15) is 26.2 Å². The fourth-order valence-corrected chi connectivity index (χ4v) is 1.36. The zero-order valence-electron chi connectivity index (χ0n) is 9.01. The lowest BCUT2D eigenvalue weighted by atomic mass is 10.3. The van der Waals surface area contributed by atoms with E-state index < -0.39 is 0 Å². The standard InChI is InChI=1S/C9H23N2OP.BrH/c1-2-3-5-10-7-8-11-6-4-9-13-12;/h10-13H,2-9H2,1H3;1H. The molecule has 0 bridgehead atoms. The second kappa shape index (κ2) is 16.2. The lowest BCUT2D eigenvalue weighted by molar-refractivity contribution is 0.587. The molecule has 1 unspecified atom stereocenters. The molecule has 0 aliphatic heterocycles. The van der Waals surface area contributed by atoms with Crippen molar-refractivity contribution < 1.29 is 4.89 Å². The molecule has 1 atom stereocenters. The number of hydrogen-bond acceptors (Lipinski definition) is 3. The average molecular weight is 287 g/mol. The molecule has 5 heteroatoms. The molecule has 0 aromatic carbocycles. The molecule has 0 radical (unpaired) electrons. The minimum Gasteiger partial charge on any atom is -0.377 e. The zero-order chi connectivity index (χ0) is 9.78. The van der Waals surface area contributed by atoms with Crippen molar-refractivity contribution in [2.45, 2.75) is 26.2 Å². The van der Waals surface area contributed by atoms with Gasteiger partial charge in [-0.3, -0.25) is 0 Å². The molecular formula is C9H24BrN2OP. The number of hydrogen-bond donors (Lipinski definition) is 3. The van der Waals surface area contributed by atoms with Gasteiger partial charge in [0.25, 0.3) is 0 Å². The van der Waals surface area contributed by atoms with Gasteiger partial charge in [0.15, 0.2) is 0 Å². The van der Waals surface area contributed by atoms with Crippen molar-refractivity contribution in [3.8, 4) is 0 Å². The highest BCUT2D eigenvalue weighted by atomic mass is 79.9. The van der Waals surface area contributed by atoms with Gasteiger partial charge in [-0.25, -0.2) is 0 Å². The molecule has 0 amide bonds. The zero-order valence-corrected chi connectivity index (χ0v) is 11.7. The van der Waals surface area contributed by atoms with Crippen LogP contribution < -0.4 is 10.6 Å². The summed E-state index contributed by atoms with van der Waals surface area (Å²) < 4.78 is 0. The third-order valence-corrected chi connectivity index (χ3v) is 2.40. The molecule has 0 aliphatic carbocycles. The Morgan fingerprint density at radius 1 is 1.00 bits per heavy atom. The SMILES string of the molecule is Br.CCCCNCCNCCCPO. The van der Waals surface area contributed by atoms with E-state index in [0.717, 1.165) is 38.8 Å². The highest BCUT2D eigenvalue weighted by molar-refractivity contribution is 8.93. The van der Waals surface area contributed by atoms with E-state index in [1.54, 1.807) is 0 Å². The van der Waals surface area contributed by atoms with Crippen LogP contribution in [-0.4, -0.2) is 37.2 Å². The van der Waals surface area contributed by atoms with E-state index in [9.17, 15) is 0 Å². The monoisotopic (exact) mass is 286 g/mol. The maximum Gasteiger partial charge on any atom is 0.0107 e. The van der Waals surface area contributed by atoms with Crippen molar-refractivity contribution >= 4 is 25.8 Å². The van der Waals surface area contributed by atoms with Gasteiger partial charge >= 0.3 is 0 Å². The molecule has 0 heterocycles. The lowest BCUT2D eigenvalue weighted by Crippen LogP contribution is -2.28. The van der Waals surface area contributed by atoms with Gasteiger partial charge in [-0.1, -0.05) is 13.3 Å². The van der Waals surface area contributed by atoms with Crippen LogP contribution in [0.4, 0.5) is 0 Å². The van der Waals surface area contributed by atoms with Crippen molar-refractivity contribution in [2.24, 2.45) is 0 Å². The summed E-state index contributed by atoms with van der Waals surface area (Å²) in [4.78, 5) is 8.55. The number of rotatable bonds is 10. The molecule has 3 nitrogen and oxygen atoms in total. The first-order valence-corrected chi connectivity index (χ1v) is 6.35. The summed E-state index contributed by atoms with van der Waals surface area (Å²) in [6.07, 6.45) is 4.56. The number of unbranched alkanes of at least 4 members (excludes halogenated alkanes) is 1. The summed E-state index contributed by atoms with van der Waals surface area (Å²) in [5.41, 5.74) is 0. The van der Waals surface area contributed by atoms with E-state index in [4.69, 9.17) is 4.89 Å². The Labute approximate surface area is 100 Å². The normalized spacial score (nSPS) is 10.7. The molecule has 0 aromatic heterocycles. The van der Waals surface area contributed by atoms with Gasteiger partial charge in [0.05, 0.1) is 0 Å². The molecule has 3 N–H and O–H groups in total. The van der Waals surface area contributed by atoms with Crippen molar-refractivity contribution in [1.82, 2.24) is 10.6 Å². The predicted octanol–water partition coefficient (Wildman–Crippen LogP) is 1.52. The Kier molecular flexibility index (Phi) is 19.9. The maximum atomic E-state index is 8.55. The summed E-state index contributed by atoms with van der Waals surface area (Å²) in [6.45, 7) is 6.47. The Hall–Kier alpha value is 0.790. The minimum atomic E-state index is 0. The van der Waals surface area contributed by atoms with E-state index in [1.807, 2.05) is 0 Å². The number of halogens is 1. The van der Waals surface area contributed by atoms with Crippen LogP contribution >= 0.6 is 25.8 Å². The van der Waals surface area contributed by atoms with Crippen molar-refractivity contribution in [2.75, 3.05) is 32.3 Å². The first-order valence-electron chi connectivity index (χ1n) is 5.20. The summed E-state index contributed by atoms with van der Waals surface area (Å²) in [6, 6.07) is 0. The smallest absolute Gasteiger partial charge is 0.0107 e. The van der Waals surface area contributed by atoms with Gasteiger partial charge < -0.3 is 15.5 Å². The molecule has 0 saturated heterocycles. The van der Waals surface area contributed by atoms with Crippen molar-refractivity contribution in [3.63, 3.8) is 0 Å². The van der Waals surface area contributed by atoms with Crippen LogP contribution in [0, 0.1) is 0 Å². The molecule has 0 rings (SSSR count). The first kappa shape index (κ1) is 17.2. The van der Waals surface area contributed by atoms with Crippen molar-refractivity contribution in [3.05, 3.63) is 0 Å². The lowest BCUT2D eigenvalue weighted by Gasteiger charge is -2.05. The highest BCUT2D eigenvalue weighted by Crippen LogP contribution is 2.00. The largest absolute Gasteiger partial charge is 0.377 e. The van der Waals surface area contributed by atoms with E-state index in [2.05, 4.69) is 17.6 Å². The third kappa shape index (κ3) is 15.3. The maximum absolute atomic E-state index is 8.55. The van der Waals surface area contributed by atoms with E-state index in [0.29, 0.717) is 0 Å². The predicted molar refractivity (Wildman–Crippen MR) is 71.0 cm³/mol. The summed E-state index contributed by atoms with van der Waals surface area (Å²) in [7, 11) is 0.114. The van der Waals surface area contributed by atoms with E-state index in [1.165, 1.54) is 12.8 Å². The molecule has 0 fully saturated rings. The Balaban J connectivity index is 0. The minimum absolute atomic E-state index is 0. The highest BCUT2D eigenvalue weighted by Gasteiger charge is 1.88. The van der Waals surface area contributed by atoms with Gasteiger partial charge in [0, 0.05) is 21.9 Å². The number of nitrogens with one attached hydrogen (secondary N) is 2. The Bertz CT molecular complexity index is 88.9. The molecule has 0 aromatic rings. The molecule has 88 valence electrons. The van der Waals surface area contributed by atoms with Crippen molar-refractivity contribution in [1.29, 1.82) is 0 Å². The Morgan fingerprint density at radius 2 is 1.57 bits per heavy atom. The summed E-state index contributed by atoms with van der Waals surface area (Å²) in [5.74, 6) is 0. The van der Waals surface area contributed by atoms with E-state index >= 15 is 0 Å².